The van der Waals surface area contributed by atoms with Crippen molar-refractivity contribution in [3.63, 3.8) is 0 Å². The Hall–Kier alpha value is -1.73. The van der Waals surface area contributed by atoms with Gasteiger partial charge in [-0.1, -0.05) is 0 Å². The molecule has 0 bridgehead atoms. The number of nitrogens with two attached hydrogens (primary N) is 1. The molecule has 0 atom stereocenters. The number of aryl methyl sites for hydroxylation is 1. The van der Waals surface area contributed by atoms with Crippen LogP contribution in [0.15, 0.2) is 36.4 Å². The van der Waals surface area contributed by atoms with Gasteiger partial charge in [0.2, 0.25) is 0 Å². The average Bonchev–Trinajstić information content (AvgIpc) is 2.42. The van der Waals surface area contributed by atoms with Crippen molar-refractivity contribution in [2.75, 3.05) is 5.73 Å². The van der Waals surface area contributed by atoms with Gasteiger partial charge < -0.3 is 15.9 Å². The fraction of sp³-hybridized carbons (Fsp3) is 0.125. The molecule has 0 saturated heterocycles. The second kappa shape index (κ2) is 8.79. The summed E-state index contributed by atoms with van der Waals surface area (Å²) in [6.45, 7) is 3.01. The molecule has 0 saturated carbocycles. The Morgan fingerprint density at radius 1 is 1.13 bits per heavy atom. The fourth-order valence-electron chi connectivity index (χ4n) is 1.95. The number of ketones is 1. The van der Waals surface area contributed by atoms with E-state index in [4.69, 9.17) is 10.5 Å². The van der Waals surface area contributed by atoms with Crippen LogP contribution in [-0.2, 0) is 4.79 Å². The molecule has 0 fully saturated rings. The molecule has 2 rings (SSSR count). The number of hydrogen-bond donors (Lipinski definition) is 1. The summed E-state index contributed by atoms with van der Waals surface area (Å²) in [7, 11) is 0. The van der Waals surface area contributed by atoms with Crippen molar-refractivity contribution in [2.24, 2.45) is 0 Å². The van der Waals surface area contributed by atoms with Crippen molar-refractivity contribution >= 4 is 47.0 Å². The maximum Gasteiger partial charge on any atom is 0.308 e. The van der Waals surface area contributed by atoms with Crippen molar-refractivity contribution < 1.29 is 24.2 Å². The van der Waals surface area contributed by atoms with Gasteiger partial charge in [-0.3, -0.25) is 9.59 Å². The van der Waals surface area contributed by atoms with Gasteiger partial charge in [0.15, 0.2) is 11.5 Å². The first-order valence-corrected chi connectivity index (χ1v) is 6.27. The van der Waals surface area contributed by atoms with Crippen molar-refractivity contribution in [2.45, 2.75) is 13.8 Å². The number of rotatable bonds is 3. The monoisotopic (exact) mass is 328 g/mol. The predicted octanol–water partition coefficient (Wildman–Crippen LogP) is 1.67. The minimum absolute atomic E-state index is 0. The molecule has 117 valence electrons. The van der Waals surface area contributed by atoms with Crippen molar-refractivity contribution in [3.05, 3.63) is 58.9 Å². The summed E-state index contributed by atoms with van der Waals surface area (Å²) in [5, 5.41) is 0. The van der Waals surface area contributed by atoms with Gasteiger partial charge in [0.25, 0.3) is 0 Å². The van der Waals surface area contributed by atoms with E-state index in [2.05, 4.69) is 0 Å². The number of halogens is 1. The largest absolute Gasteiger partial charge is 0.424 e. The molecule has 2 aromatic rings. The van der Waals surface area contributed by atoms with Crippen LogP contribution < -0.4 is 10.5 Å². The van der Waals surface area contributed by atoms with E-state index in [0.717, 1.165) is 5.56 Å². The SMILES string of the molecule is CC(=O)Oc1cc(C)cc(C(=O)c2ccc(F)cc2)c1N.O.[Na]. The van der Waals surface area contributed by atoms with Gasteiger partial charge in [0.05, 0.1) is 5.69 Å². The molecule has 0 spiro atoms. The molecule has 5 nitrogen and oxygen atoms in total. The van der Waals surface area contributed by atoms with Crippen LogP contribution in [-0.4, -0.2) is 46.8 Å². The smallest absolute Gasteiger partial charge is 0.308 e. The normalized spacial score (nSPS) is 9.35. The van der Waals surface area contributed by atoms with Crippen LogP contribution in [0.5, 0.6) is 5.75 Å². The number of carbonyl (C=O) groups is 2. The van der Waals surface area contributed by atoms with Crippen LogP contribution >= 0.6 is 0 Å². The number of nitrogen functional groups attached to an aromatic ring is 1. The molecule has 0 heterocycles. The summed E-state index contributed by atoms with van der Waals surface area (Å²) >= 11 is 0. The number of ether oxygens (including phenoxy) is 1. The standard InChI is InChI=1S/C16H14FNO3.Na.H2O/c1-9-7-13(15(18)14(8-9)21-10(2)19)16(20)11-3-5-12(17)6-4-11;;/h3-8H,18H2,1-2H3;;1H2. The molecular weight excluding hydrogens is 312 g/mol. The Kier molecular flexibility index (Phi) is 8.12. The minimum atomic E-state index is -0.521. The molecule has 0 aromatic heterocycles. The number of benzene rings is 2. The van der Waals surface area contributed by atoms with Gasteiger partial charge >= 0.3 is 5.97 Å². The summed E-state index contributed by atoms with van der Waals surface area (Å²) in [5.41, 5.74) is 7.24. The number of carbonyl (C=O) groups excluding carboxylic acids is 2. The van der Waals surface area contributed by atoms with Gasteiger partial charge in [-0.15, -0.1) is 0 Å². The van der Waals surface area contributed by atoms with Gasteiger partial charge in [-0.2, -0.15) is 0 Å². The minimum Gasteiger partial charge on any atom is -0.424 e. The van der Waals surface area contributed by atoms with E-state index < -0.39 is 11.8 Å². The van der Waals surface area contributed by atoms with E-state index in [1.54, 1.807) is 19.1 Å². The summed E-state index contributed by atoms with van der Waals surface area (Å²) in [6.07, 6.45) is 0. The van der Waals surface area contributed by atoms with Crippen molar-refractivity contribution in [3.8, 4) is 5.75 Å². The summed E-state index contributed by atoms with van der Waals surface area (Å²) < 4.78 is 17.9. The van der Waals surface area contributed by atoms with Crippen LogP contribution in [0.25, 0.3) is 0 Å². The third-order valence-electron chi connectivity index (χ3n) is 2.89. The Balaban J connectivity index is 0.00000242. The van der Waals surface area contributed by atoms with Gasteiger partial charge in [0, 0.05) is 47.6 Å². The molecule has 0 amide bonds. The van der Waals surface area contributed by atoms with Crippen molar-refractivity contribution in [1.29, 1.82) is 0 Å². The third-order valence-corrected chi connectivity index (χ3v) is 2.89. The number of hydrogen-bond acceptors (Lipinski definition) is 4. The molecule has 0 aliphatic rings. The maximum atomic E-state index is 12.9. The average molecular weight is 328 g/mol. The Labute approximate surface area is 155 Å². The fourth-order valence-corrected chi connectivity index (χ4v) is 1.95. The zero-order valence-electron chi connectivity index (χ0n) is 13.1. The van der Waals surface area contributed by atoms with E-state index in [1.807, 2.05) is 0 Å². The topological polar surface area (TPSA) is 101 Å². The molecule has 0 unspecified atom stereocenters. The first-order valence-electron chi connectivity index (χ1n) is 6.27. The zero-order chi connectivity index (χ0) is 15.6. The van der Waals surface area contributed by atoms with Gasteiger partial charge in [0.1, 0.15) is 5.82 Å². The molecule has 23 heavy (non-hydrogen) atoms. The predicted molar refractivity (Wildman–Crippen MR) is 86.1 cm³/mol. The molecule has 7 heteroatoms. The Bertz CT molecular complexity index is 717. The van der Waals surface area contributed by atoms with E-state index in [-0.39, 0.29) is 57.8 Å². The Morgan fingerprint density at radius 2 is 1.70 bits per heavy atom. The molecule has 4 N–H and O–H groups in total. The van der Waals surface area contributed by atoms with Crippen LogP contribution in [0.2, 0.25) is 0 Å². The number of anilines is 1. The quantitative estimate of drug-likeness (QED) is 0.304. The van der Waals surface area contributed by atoms with E-state index in [1.165, 1.54) is 31.2 Å². The molecule has 0 aliphatic heterocycles. The van der Waals surface area contributed by atoms with E-state index in [0.29, 0.717) is 5.56 Å². The van der Waals surface area contributed by atoms with Crippen LogP contribution in [0.4, 0.5) is 10.1 Å². The van der Waals surface area contributed by atoms with Crippen LogP contribution in [0.3, 0.4) is 0 Å². The summed E-state index contributed by atoms with van der Waals surface area (Å²) in [4.78, 5) is 23.5. The summed E-state index contributed by atoms with van der Waals surface area (Å²) in [5.74, 6) is -1.16. The Morgan fingerprint density at radius 3 is 2.22 bits per heavy atom. The molecule has 2 aromatic carbocycles. The van der Waals surface area contributed by atoms with Gasteiger partial charge in [-0.25, -0.2) is 4.39 Å². The van der Waals surface area contributed by atoms with Gasteiger partial charge in [-0.05, 0) is 48.9 Å². The zero-order valence-corrected chi connectivity index (χ0v) is 15.1. The maximum absolute atomic E-state index is 12.9. The first kappa shape index (κ1) is 21.3. The first-order chi connectivity index (χ1) is 9.88. The molecular formula is C16H16FNNaO4. The van der Waals surface area contributed by atoms with Crippen LogP contribution in [0, 0.1) is 12.7 Å². The second-order valence-corrected chi connectivity index (χ2v) is 4.65. The van der Waals surface area contributed by atoms with Crippen molar-refractivity contribution in [1.82, 2.24) is 0 Å². The molecule has 1 radical (unpaired) electrons. The molecule has 0 aliphatic carbocycles. The second-order valence-electron chi connectivity index (χ2n) is 4.65. The summed E-state index contributed by atoms with van der Waals surface area (Å²) in [6, 6.07) is 8.35. The number of esters is 1. The van der Waals surface area contributed by atoms with Crippen LogP contribution in [0.1, 0.15) is 28.4 Å². The van der Waals surface area contributed by atoms with E-state index in [9.17, 15) is 14.0 Å². The van der Waals surface area contributed by atoms with E-state index >= 15 is 0 Å². The third kappa shape index (κ3) is 5.14.